The zero-order valence-electron chi connectivity index (χ0n) is 16.2. The van der Waals surface area contributed by atoms with Crippen molar-refractivity contribution in [2.75, 3.05) is 18.4 Å². The van der Waals surface area contributed by atoms with Crippen LogP contribution in [0.2, 0.25) is 0 Å². The largest absolute Gasteiger partial charge is 0.573 e. The number of anilines is 1. The van der Waals surface area contributed by atoms with Crippen LogP contribution in [0.15, 0.2) is 53.2 Å². The minimum atomic E-state index is -4.76. The summed E-state index contributed by atoms with van der Waals surface area (Å²) in [6.45, 7) is 0.958. The molecule has 2 amide bonds. The number of likely N-dealkylation sites (tertiary alicyclic amines) is 1. The first-order valence-corrected chi connectivity index (χ1v) is 9.54. The third-order valence-electron chi connectivity index (χ3n) is 4.81. The van der Waals surface area contributed by atoms with Gasteiger partial charge < -0.3 is 19.5 Å². The van der Waals surface area contributed by atoms with Crippen molar-refractivity contribution in [1.82, 2.24) is 20.0 Å². The minimum absolute atomic E-state index is 0.0350. The molecule has 1 aromatic carbocycles. The third-order valence-corrected chi connectivity index (χ3v) is 4.81. The smallest absolute Gasteiger partial charge is 0.406 e. The van der Waals surface area contributed by atoms with Crippen LogP contribution >= 0.6 is 0 Å². The quantitative estimate of drug-likeness (QED) is 0.654. The molecule has 3 aromatic rings. The van der Waals surface area contributed by atoms with Gasteiger partial charge in [0.2, 0.25) is 11.7 Å². The fourth-order valence-corrected chi connectivity index (χ4v) is 3.27. The summed E-state index contributed by atoms with van der Waals surface area (Å²) in [7, 11) is 0. The van der Waals surface area contributed by atoms with Crippen molar-refractivity contribution in [2.24, 2.45) is 0 Å². The normalized spacial score (nSPS) is 15.0. The topological polar surface area (TPSA) is 93.4 Å². The Hall–Kier alpha value is -3.63. The molecule has 0 unspecified atom stereocenters. The number of benzene rings is 1. The van der Waals surface area contributed by atoms with Gasteiger partial charge in [-0.1, -0.05) is 11.2 Å². The van der Waals surface area contributed by atoms with Gasteiger partial charge in [0.1, 0.15) is 11.4 Å². The van der Waals surface area contributed by atoms with Crippen molar-refractivity contribution in [2.45, 2.75) is 25.1 Å². The van der Waals surface area contributed by atoms with Gasteiger partial charge in [0.15, 0.2) is 0 Å². The maximum atomic E-state index is 12.5. The Balaban J connectivity index is 1.30. The van der Waals surface area contributed by atoms with Crippen LogP contribution in [0.4, 0.5) is 23.7 Å². The van der Waals surface area contributed by atoms with Gasteiger partial charge in [-0.2, -0.15) is 4.98 Å². The summed E-state index contributed by atoms with van der Waals surface area (Å²) in [5, 5.41) is 6.65. The Morgan fingerprint density at radius 3 is 2.52 bits per heavy atom. The zero-order valence-corrected chi connectivity index (χ0v) is 16.2. The molecule has 162 valence electrons. The number of hydrogen-bond donors (Lipinski definition) is 1. The van der Waals surface area contributed by atoms with E-state index in [0.29, 0.717) is 49.0 Å². The molecule has 0 aliphatic carbocycles. The first kappa shape index (κ1) is 20.6. The van der Waals surface area contributed by atoms with E-state index in [1.807, 2.05) is 6.07 Å². The fraction of sp³-hybridized carbons (Fsp3) is 0.300. The van der Waals surface area contributed by atoms with Crippen molar-refractivity contribution in [3.05, 3.63) is 54.6 Å². The van der Waals surface area contributed by atoms with E-state index in [0.717, 1.165) is 12.1 Å². The second kappa shape index (κ2) is 8.62. The number of halogens is 3. The molecule has 1 N–H and O–H groups in total. The van der Waals surface area contributed by atoms with E-state index in [1.54, 1.807) is 23.2 Å². The molecule has 2 aromatic heterocycles. The van der Waals surface area contributed by atoms with Crippen molar-refractivity contribution in [3.8, 4) is 17.3 Å². The van der Waals surface area contributed by atoms with Crippen LogP contribution in [0.3, 0.4) is 0 Å². The lowest BCUT2D eigenvalue weighted by molar-refractivity contribution is -0.274. The summed E-state index contributed by atoms with van der Waals surface area (Å²) in [6, 6.07) is 10.1. The molecule has 0 saturated carbocycles. The highest BCUT2D eigenvalue weighted by Crippen LogP contribution is 2.29. The minimum Gasteiger partial charge on any atom is -0.406 e. The lowest BCUT2D eigenvalue weighted by atomic mass is 9.97. The number of pyridine rings is 1. The van der Waals surface area contributed by atoms with E-state index < -0.39 is 6.36 Å². The third kappa shape index (κ3) is 5.30. The van der Waals surface area contributed by atoms with Crippen molar-refractivity contribution >= 4 is 11.7 Å². The second-order valence-electron chi connectivity index (χ2n) is 6.93. The van der Waals surface area contributed by atoms with Crippen LogP contribution in [0, 0.1) is 0 Å². The molecule has 0 radical (unpaired) electrons. The number of nitrogens with zero attached hydrogens (tertiary/aromatic N) is 4. The van der Waals surface area contributed by atoms with E-state index in [4.69, 9.17) is 4.52 Å². The summed E-state index contributed by atoms with van der Waals surface area (Å²) in [5.41, 5.74) is 1.000. The van der Waals surface area contributed by atoms with Crippen molar-refractivity contribution < 1.29 is 27.2 Å². The number of urea groups is 1. The van der Waals surface area contributed by atoms with Gasteiger partial charge in [-0.15, -0.1) is 13.2 Å². The number of piperidine rings is 1. The molecule has 0 bridgehead atoms. The van der Waals surface area contributed by atoms with E-state index >= 15 is 0 Å². The lowest BCUT2D eigenvalue weighted by Gasteiger charge is -2.30. The molecule has 4 rings (SSSR count). The van der Waals surface area contributed by atoms with Gasteiger partial charge in [0.25, 0.3) is 0 Å². The molecule has 8 nitrogen and oxygen atoms in total. The lowest BCUT2D eigenvalue weighted by Crippen LogP contribution is -2.40. The van der Waals surface area contributed by atoms with Gasteiger partial charge in [-0.25, -0.2) is 4.79 Å². The Kier molecular flexibility index (Phi) is 5.74. The van der Waals surface area contributed by atoms with Gasteiger partial charge in [0, 0.05) is 30.9 Å². The maximum absolute atomic E-state index is 12.5. The zero-order chi connectivity index (χ0) is 21.8. The summed E-state index contributed by atoms with van der Waals surface area (Å²) in [6.07, 6.45) is -1.81. The molecular weight excluding hydrogens is 415 g/mol. The highest BCUT2D eigenvalue weighted by Gasteiger charge is 2.31. The number of amides is 2. The average molecular weight is 433 g/mol. The van der Waals surface area contributed by atoms with Crippen LogP contribution in [0.1, 0.15) is 24.7 Å². The molecule has 31 heavy (non-hydrogen) atoms. The number of aromatic nitrogens is 3. The Labute approximate surface area is 175 Å². The summed E-state index contributed by atoms with van der Waals surface area (Å²) < 4.78 is 45.9. The van der Waals surface area contributed by atoms with Gasteiger partial charge in [0.05, 0.1) is 0 Å². The molecule has 1 aliphatic heterocycles. The molecule has 3 heterocycles. The number of carbonyl (C=O) groups is 1. The highest BCUT2D eigenvalue weighted by molar-refractivity contribution is 5.89. The number of alkyl halides is 3. The Morgan fingerprint density at radius 2 is 1.87 bits per heavy atom. The number of hydrogen-bond acceptors (Lipinski definition) is 6. The first-order chi connectivity index (χ1) is 14.9. The van der Waals surface area contributed by atoms with Crippen molar-refractivity contribution in [1.29, 1.82) is 0 Å². The average Bonchev–Trinajstić information content (AvgIpc) is 3.25. The summed E-state index contributed by atoms with van der Waals surface area (Å²) >= 11 is 0. The monoisotopic (exact) mass is 433 g/mol. The fourth-order valence-electron chi connectivity index (χ4n) is 3.27. The molecule has 0 spiro atoms. The number of ether oxygens (including phenoxy) is 1. The van der Waals surface area contributed by atoms with Gasteiger partial charge >= 0.3 is 12.4 Å². The number of nitrogens with one attached hydrogen (secondary N) is 1. The van der Waals surface area contributed by atoms with E-state index in [9.17, 15) is 18.0 Å². The van der Waals surface area contributed by atoms with Crippen LogP contribution in [0.25, 0.3) is 11.5 Å². The van der Waals surface area contributed by atoms with E-state index in [-0.39, 0.29) is 17.7 Å². The number of carbonyl (C=O) groups excluding carboxylic acids is 1. The molecular formula is C20H18F3N5O3. The highest BCUT2D eigenvalue weighted by atomic mass is 19.4. The molecule has 1 aliphatic rings. The molecule has 0 atom stereocenters. The molecule has 1 fully saturated rings. The summed E-state index contributed by atoms with van der Waals surface area (Å²) in [5.74, 6) is 0.624. The Morgan fingerprint density at radius 1 is 1.13 bits per heavy atom. The SMILES string of the molecule is O=C(Nc1ccc(OC(F)(F)F)cc1)N1CCC(c2nc(-c3ccccn3)no2)CC1. The van der Waals surface area contributed by atoms with Crippen LogP contribution in [-0.4, -0.2) is 45.5 Å². The maximum Gasteiger partial charge on any atom is 0.573 e. The second-order valence-corrected chi connectivity index (χ2v) is 6.93. The van der Waals surface area contributed by atoms with Gasteiger partial charge in [-0.3, -0.25) is 4.98 Å². The van der Waals surface area contributed by atoms with E-state index in [2.05, 4.69) is 25.2 Å². The van der Waals surface area contributed by atoms with Crippen molar-refractivity contribution in [3.63, 3.8) is 0 Å². The predicted octanol–water partition coefficient (Wildman–Crippen LogP) is 4.44. The van der Waals surface area contributed by atoms with Crippen LogP contribution in [-0.2, 0) is 0 Å². The Bertz CT molecular complexity index is 1020. The summed E-state index contributed by atoms with van der Waals surface area (Å²) in [4.78, 5) is 22.7. The number of rotatable bonds is 4. The first-order valence-electron chi connectivity index (χ1n) is 9.54. The van der Waals surface area contributed by atoms with E-state index in [1.165, 1.54) is 12.1 Å². The van der Waals surface area contributed by atoms with Crippen LogP contribution in [0.5, 0.6) is 5.75 Å². The molecule has 11 heteroatoms. The van der Waals surface area contributed by atoms with Gasteiger partial charge in [-0.05, 0) is 49.2 Å². The molecule has 1 saturated heterocycles. The predicted molar refractivity (Wildman–Crippen MR) is 103 cm³/mol. The van der Waals surface area contributed by atoms with Crippen LogP contribution < -0.4 is 10.1 Å². The standard InChI is InChI=1S/C20H18F3N5O3/c21-20(22,23)30-15-6-4-14(5-7-15)25-19(29)28-11-8-13(9-12-28)18-26-17(27-31-18)16-3-1-2-10-24-16/h1-7,10,13H,8-9,11-12H2,(H,25,29).